The summed E-state index contributed by atoms with van der Waals surface area (Å²) in [6.07, 6.45) is 9.45. The number of aromatic amines is 1. The maximum atomic E-state index is 5.37. The van der Waals surface area contributed by atoms with Crippen LogP contribution < -0.4 is 0 Å². The maximum Gasteiger partial charge on any atom is 0.177 e. The van der Waals surface area contributed by atoms with Crippen molar-refractivity contribution in [1.82, 2.24) is 9.55 Å². The van der Waals surface area contributed by atoms with E-state index in [1.165, 1.54) is 37.1 Å². The molecule has 0 saturated heterocycles. The number of nitrogens with one attached hydrogen (secondary N) is 1. The Bertz CT molecular complexity index is 399. The van der Waals surface area contributed by atoms with Crippen LogP contribution in [0.2, 0.25) is 0 Å². The lowest BCUT2D eigenvalue weighted by molar-refractivity contribution is 0.493. The predicted octanol–water partition coefficient (Wildman–Crippen LogP) is 4.77. The lowest BCUT2D eigenvalue weighted by atomic mass is 9.92. The van der Waals surface area contributed by atoms with E-state index < -0.39 is 0 Å². The fraction of sp³-hybridized carbons (Fsp3) is 0.786. The van der Waals surface area contributed by atoms with E-state index in [9.17, 15) is 0 Å². The summed E-state index contributed by atoms with van der Waals surface area (Å²) in [5.74, 6) is 1.29. The maximum absolute atomic E-state index is 5.37. The van der Waals surface area contributed by atoms with Crippen LogP contribution in [0.25, 0.3) is 0 Å². The fourth-order valence-electron chi connectivity index (χ4n) is 2.11. The first-order chi connectivity index (χ1) is 8.46. The lowest BCUT2D eigenvalue weighted by Gasteiger charge is -2.20. The molecule has 0 aromatic carbocycles. The van der Waals surface area contributed by atoms with Crippen molar-refractivity contribution >= 4 is 24.0 Å². The molecule has 1 N–H and O–H groups in total. The zero-order valence-electron chi connectivity index (χ0n) is 12.1. The van der Waals surface area contributed by atoms with Gasteiger partial charge in [-0.1, -0.05) is 33.6 Å². The van der Waals surface area contributed by atoms with E-state index in [-0.39, 0.29) is 5.41 Å². The minimum atomic E-state index is 0.159. The Balaban J connectivity index is 2.47. The molecule has 0 aliphatic carbocycles. The number of unbranched alkanes of at least 4 members (excludes halogenated alkanes) is 3. The van der Waals surface area contributed by atoms with Gasteiger partial charge in [-0.3, -0.25) is 0 Å². The minimum absolute atomic E-state index is 0.159. The van der Waals surface area contributed by atoms with E-state index in [4.69, 9.17) is 12.2 Å². The molecule has 104 valence electrons. The number of hydrogen-bond donors (Lipinski definition) is 1. The minimum Gasteiger partial charge on any atom is -0.337 e. The van der Waals surface area contributed by atoms with E-state index in [2.05, 4.69) is 42.8 Å². The Morgan fingerprint density at radius 3 is 2.50 bits per heavy atom. The van der Waals surface area contributed by atoms with Gasteiger partial charge < -0.3 is 9.55 Å². The third kappa shape index (κ3) is 4.81. The summed E-state index contributed by atoms with van der Waals surface area (Å²) < 4.78 is 3.13. The molecule has 0 spiro atoms. The molecule has 0 fully saturated rings. The lowest BCUT2D eigenvalue weighted by Crippen LogP contribution is -2.17. The Morgan fingerprint density at radius 1 is 1.22 bits per heavy atom. The number of H-pyrrole nitrogens is 1. The van der Waals surface area contributed by atoms with E-state index in [0.717, 1.165) is 11.3 Å². The van der Waals surface area contributed by atoms with Crippen LogP contribution in [0.5, 0.6) is 0 Å². The highest BCUT2D eigenvalue weighted by Crippen LogP contribution is 2.22. The third-order valence-corrected chi connectivity index (χ3v) is 4.15. The van der Waals surface area contributed by atoms with Gasteiger partial charge in [0, 0.05) is 23.9 Å². The van der Waals surface area contributed by atoms with Crippen LogP contribution in [-0.2, 0) is 12.0 Å². The van der Waals surface area contributed by atoms with Gasteiger partial charge in [0.15, 0.2) is 4.77 Å². The van der Waals surface area contributed by atoms with E-state index in [1.54, 1.807) is 0 Å². The standard InChI is InChI=1S/C14H26N2S2/c1-14(2,3)12-11-15-13(17)16(12)9-7-5-6-8-10-18-4/h11H,5-10H2,1-4H3,(H,15,17). The van der Waals surface area contributed by atoms with Crippen LogP contribution in [0.15, 0.2) is 6.20 Å². The van der Waals surface area contributed by atoms with Gasteiger partial charge in [-0.2, -0.15) is 11.8 Å². The number of nitrogens with zero attached hydrogens (tertiary/aromatic N) is 1. The number of hydrogen-bond acceptors (Lipinski definition) is 2. The molecule has 1 aromatic heterocycles. The van der Waals surface area contributed by atoms with Crippen LogP contribution in [-0.4, -0.2) is 21.6 Å². The van der Waals surface area contributed by atoms with Gasteiger partial charge in [0.1, 0.15) is 0 Å². The topological polar surface area (TPSA) is 20.7 Å². The highest BCUT2D eigenvalue weighted by molar-refractivity contribution is 7.98. The van der Waals surface area contributed by atoms with E-state index >= 15 is 0 Å². The van der Waals surface area contributed by atoms with Crippen LogP contribution in [0.3, 0.4) is 0 Å². The molecule has 0 aliphatic rings. The summed E-state index contributed by atoms with van der Waals surface area (Å²) in [5, 5.41) is 0. The molecule has 4 heteroatoms. The summed E-state index contributed by atoms with van der Waals surface area (Å²) in [4.78, 5) is 3.18. The second-order valence-electron chi connectivity index (χ2n) is 5.79. The van der Waals surface area contributed by atoms with Gasteiger partial charge in [-0.15, -0.1) is 0 Å². The van der Waals surface area contributed by atoms with Crippen molar-refractivity contribution in [2.24, 2.45) is 0 Å². The van der Waals surface area contributed by atoms with E-state index in [0.29, 0.717) is 0 Å². The van der Waals surface area contributed by atoms with Crippen molar-refractivity contribution < 1.29 is 0 Å². The summed E-state index contributed by atoms with van der Waals surface area (Å²) in [7, 11) is 0. The zero-order chi connectivity index (χ0) is 13.6. The van der Waals surface area contributed by atoms with Gasteiger partial charge >= 0.3 is 0 Å². The normalized spacial score (nSPS) is 12.0. The Labute approximate surface area is 121 Å². The smallest absolute Gasteiger partial charge is 0.177 e. The van der Waals surface area contributed by atoms with Gasteiger partial charge in [-0.05, 0) is 37.1 Å². The number of imidazole rings is 1. The first-order valence-electron chi connectivity index (χ1n) is 6.74. The number of thioether (sulfide) groups is 1. The average molecular weight is 287 g/mol. The second-order valence-corrected chi connectivity index (χ2v) is 7.16. The van der Waals surface area contributed by atoms with Crippen molar-refractivity contribution in [1.29, 1.82) is 0 Å². The van der Waals surface area contributed by atoms with E-state index in [1.807, 2.05) is 11.8 Å². The quantitative estimate of drug-likeness (QED) is 0.576. The highest BCUT2D eigenvalue weighted by Gasteiger charge is 2.18. The van der Waals surface area contributed by atoms with Gasteiger partial charge in [0.25, 0.3) is 0 Å². The Morgan fingerprint density at radius 2 is 1.89 bits per heavy atom. The average Bonchev–Trinajstić information content (AvgIpc) is 2.65. The third-order valence-electron chi connectivity index (χ3n) is 3.12. The largest absolute Gasteiger partial charge is 0.337 e. The molecule has 0 atom stereocenters. The summed E-state index contributed by atoms with van der Waals surface area (Å²) in [6.45, 7) is 7.76. The highest BCUT2D eigenvalue weighted by atomic mass is 32.2. The molecule has 0 amide bonds. The van der Waals surface area contributed by atoms with Gasteiger partial charge in [0.05, 0.1) is 0 Å². The van der Waals surface area contributed by atoms with Crippen molar-refractivity contribution in [3.63, 3.8) is 0 Å². The molecular formula is C14H26N2S2. The monoisotopic (exact) mass is 286 g/mol. The molecule has 0 radical (unpaired) electrons. The first kappa shape index (κ1) is 15.8. The van der Waals surface area contributed by atoms with Crippen LogP contribution in [0.4, 0.5) is 0 Å². The van der Waals surface area contributed by atoms with Crippen LogP contribution >= 0.6 is 24.0 Å². The first-order valence-corrected chi connectivity index (χ1v) is 8.54. The van der Waals surface area contributed by atoms with Gasteiger partial charge in [-0.25, -0.2) is 0 Å². The van der Waals surface area contributed by atoms with Crippen molar-refractivity contribution in [2.45, 2.75) is 58.4 Å². The molecule has 0 aliphatic heterocycles. The van der Waals surface area contributed by atoms with Crippen LogP contribution in [0.1, 0.15) is 52.1 Å². The fourth-order valence-corrected chi connectivity index (χ4v) is 2.85. The molecule has 1 aromatic rings. The van der Waals surface area contributed by atoms with Crippen LogP contribution in [0, 0.1) is 4.77 Å². The zero-order valence-corrected chi connectivity index (χ0v) is 13.7. The molecule has 2 nitrogen and oxygen atoms in total. The summed E-state index contributed by atoms with van der Waals surface area (Å²) >= 11 is 7.30. The predicted molar refractivity (Wildman–Crippen MR) is 85.2 cm³/mol. The number of aromatic nitrogens is 2. The van der Waals surface area contributed by atoms with Crippen molar-refractivity contribution in [2.75, 3.05) is 12.0 Å². The van der Waals surface area contributed by atoms with Gasteiger partial charge in [0.2, 0.25) is 0 Å². The second kappa shape index (κ2) is 7.39. The molecule has 0 saturated carbocycles. The Kier molecular flexibility index (Phi) is 6.50. The molecule has 1 rings (SSSR count). The summed E-state index contributed by atoms with van der Waals surface area (Å²) in [6, 6.07) is 0. The number of rotatable bonds is 7. The van der Waals surface area contributed by atoms with Crippen molar-refractivity contribution in [3.05, 3.63) is 16.7 Å². The molecule has 0 bridgehead atoms. The molecule has 18 heavy (non-hydrogen) atoms. The Hall–Kier alpha value is -0.220. The SMILES string of the molecule is CSCCCCCCn1c(C(C)(C)C)c[nH]c1=S. The summed E-state index contributed by atoms with van der Waals surface area (Å²) in [5.41, 5.74) is 1.48. The molecule has 0 unspecified atom stereocenters. The van der Waals surface area contributed by atoms with Crippen molar-refractivity contribution in [3.8, 4) is 0 Å². The molecular weight excluding hydrogens is 260 g/mol. The molecule has 1 heterocycles.